The van der Waals surface area contributed by atoms with Crippen LogP contribution in [-0.2, 0) is 0 Å². The van der Waals surface area contributed by atoms with Gasteiger partial charge in [-0.1, -0.05) is 6.07 Å². The van der Waals surface area contributed by atoms with Gasteiger partial charge in [-0.3, -0.25) is 14.8 Å². The molecule has 7 nitrogen and oxygen atoms in total. The first-order valence-corrected chi connectivity index (χ1v) is 6.28. The quantitative estimate of drug-likeness (QED) is 0.556. The summed E-state index contributed by atoms with van der Waals surface area (Å²) in [6.45, 7) is 0. The molecule has 0 aromatic carbocycles. The first-order chi connectivity index (χ1) is 10.3. The van der Waals surface area contributed by atoms with Crippen LogP contribution in [0.25, 0.3) is 22.2 Å². The predicted octanol–water partition coefficient (Wildman–Crippen LogP) is 0.722. The molecular formula is C14H9N5O2. The monoisotopic (exact) mass is 279 g/mol. The summed E-state index contributed by atoms with van der Waals surface area (Å²) in [5.74, 6) is 0. The summed E-state index contributed by atoms with van der Waals surface area (Å²) in [5.41, 5.74) is 0.467. The van der Waals surface area contributed by atoms with Crippen molar-refractivity contribution in [2.75, 3.05) is 0 Å². The zero-order valence-electron chi connectivity index (χ0n) is 10.7. The van der Waals surface area contributed by atoms with Crippen LogP contribution in [0.1, 0.15) is 0 Å². The molecule has 0 aliphatic heterocycles. The van der Waals surface area contributed by atoms with E-state index < -0.39 is 11.2 Å². The second-order valence-electron chi connectivity index (χ2n) is 4.53. The lowest BCUT2D eigenvalue weighted by molar-refractivity contribution is 0.889. The van der Waals surface area contributed by atoms with Crippen molar-refractivity contribution >= 4 is 16.6 Å². The number of nitrogens with zero attached hydrogens (tertiary/aromatic N) is 4. The summed E-state index contributed by atoms with van der Waals surface area (Å²) in [6, 6.07) is 8.62. The minimum Gasteiger partial charge on any atom is -0.289 e. The molecule has 1 N–H and O–H groups in total. The number of fused-ring (bicyclic) bond motifs is 3. The van der Waals surface area contributed by atoms with Gasteiger partial charge in [0.05, 0.1) is 11.2 Å². The predicted molar refractivity (Wildman–Crippen MR) is 76.7 cm³/mol. The van der Waals surface area contributed by atoms with Gasteiger partial charge in [0.1, 0.15) is 5.39 Å². The lowest BCUT2D eigenvalue weighted by atomic mass is 10.3. The lowest BCUT2D eigenvalue weighted by Crippen LogP contribution is -2.33. The normalized spacial score (nSPS) is 11.2. The van der Waals surface area contributed by atoms with E-state index in [9.17, 15) is 9.59 Å². The Balaban J connectivity index is 2.21. The Morgan fingerprint density at radius 1 is 1.05 bits per heavy atom. The molecule has 4 aromatic heterocycles. The Labute approximate surface area is 117 Å². The van der Waals surface area contributed by atoms with Crippen molar-refractivity contribution in [3.63, 3.8) is 0 Å². The van der Waals surface area contributed by atoms with Gasteiger partial charge >= 0.3 is 5.69 Å². The van der Waals surface area contributed by atoms with Gasteiger partial charge in [-0.05, 0) is 24.3 Å². The lowest BCUT2D eigenvalue weighted by Gasteiger charge is -2.03. The number of rotatable bonds is 1. The second-order valence-corrected chi connectivity index (χ2v) is 4.53. The topological polar surface area (TPSA) is 85.0 Å². The Morgan fingerprint density at radius 3 is 2.67 bits per heavy atom. The highest BCUT2D eigenvalue weighted by Gasteiger charge is 2.14. The molecule has 21 heavy (non-hydrogen) atoms. The van der Waals surface area contributed by atoms with Crippen molar-refractivity contribution in [3.05, 3.63) is 69.8 Å². The third kappa shape index (κ3) is 1.61. The van der Waals surface area contributed by atoms with Gasteiger partial charge in [0.25, 0.3) is 5.56 Å². The molecule has 0 unspecified atom stereocenters. The zero-order valence-corrected chi connectivity index (χ0v) is 10.7. The van der Waals surface area contributed by atoms with E-state index in [1.807, 2.05) is 6.07 Å². The fourth-order valence-corrected chi connectivity index (χ4v) is 2.39. The molecule has 0 saturated heterocycles. The Bertz CT molecular complexity index is 1080. The maximum atomic E-state index is 12.7. The van der Waals surface area contributed by atoms with E-state index >= 15 is 0 Å². The van der Waals surface area contributed by atoms with E-state index in [-0.39, 0.29) is 5.65 Å². The number of H-pyrrole nitrogens is 1. The molecule has 0 bridgehead atoms. The number of hydrogen-bond acceptors (Lipinski definition) is 4. The average Bonchev–Trinajstić information content (AvgIpc) is 2.86. The van der Waals surface area contributed by atoms with E-state index in [4.69, 9.17) is 0 Å². The van der Waals surface area contributed by atoms with Crippen LogP contribution in [-0.4, -0.2) is 24.1 Å². The van der Waals surface area contributed by atoms with Crippen molar-refractivity contribution in [2.24, 2.45) is 0 Å². The van der Waals surface area contributed by atoms with Gasteiger partial charge in [0.2, 0.25) is 0 Å². The van der Waals surface area contributed by atoms with Crippen molar-refractivity contribution in [1.29, 1.82) is 0 Å². The molecule has 4 rings (SSSR count). The van der Waals surface area contributed by atoms with Gasteiger partial charge < -0.3 is 0 Å². The van der Waals surface area contributed by atoms with Crippen molar-refractivity contribution in [3.8, 4) is 5.69 Å². The van der Waals surface area contributed by atoms with Gasteiger partial charge in [0, 0.05) is 18.6 Å². The van der Waals surface area contributed by atoms with E-state index in [0.29, 0.717) is 16.6 Å². The summed E-state index contributed by atoms with van der Waals surface area (Å²) >= 11 is 0. The van der Waals surface area contributed by atoms with Crippen LogP contribution in [0.15, 0.2) is 58.5 Å². The third-order valence-electron chi connectivity index (χ3n) is 3.31. The van der Waals surface area contributed by atoms with Crippen LogP contribution in [0.5, 0.6) is 0 Å². The van der Waals surface area contributed by atoms with Crippen LogP contribution in [0.4, 0.5) is 0 Å². The van der Waals surface area contributed by atoms with Gasteiger partial charge in [-0.2, -0.15) is 0 Å². The molecule has 0 atom stereocenters. The molecule has 4 heterocycles. The van der Waals surface area contributed by atoms with Crippen molar-refractivity contribution < 1.29 is 0 Å². The molecule has 4 aromatic rings. The summed E-state index contributed by atoms with van der Waals surface area (Å²) in [5, 5.41) is 4.59. The molecule has 0 saturated carbocycles. The largest absolute Gasteiger partial charge is 0.334 e. The number of aromatic nitrogens is 5. The Kier molecular flexibility index (Phi) is 2.28. The summed E-state index contributed by atoms with van der Waals surface area (Å²) in [7, 11) is 0. The standard InChI is InChI=1S/C14H9N5O2/c20-13-11-10-3-1-2-8-18(10)17-12(11)16-14(21)19(13)9-4-6-15-7-5-9/h1-8H,(H,16,17,21). The SMILES string of the molecule is O=c1[nH]c2nn3ccccc3c2c(=O)n1-c1ccncc1. The zero-order chi connectivity index (χ0) is 14.4. The summed E-state index contributed by atoms with van der Waals surface area (Å²) in [4.78, 5) is 31.4. The minimum atomic E-state index is -0.526. The first kappa shape index (κ1) is 11.6. The van der Waals surface area contributed by atoms with Crippen molar-refractivity contribution in [2.45, 2.75) is 0 Å². The highest BCUT2D eigenvalue weighted by Crippen LogP contribution is 2.13. The van der Waals surface area contributed by atoms with E-state index in [2.05, 4.69) is 15.1 Å². The van der Waals surface area contributed by atoms with E-state index in [1.165, 1.54) is 12.4 Å². The molecule has 0 aliphatic rings. The number of aromatic amines is 1. The van der Waals surface area contributed by atoms with Gasteiger partial charge in [-0.25, -0.2) is 13.9 Å². The molecule has 7 heteroatoms. The highest BCUT2D eigenvalue weighted by molar-refractivity contribution is 5.91. The molecule has 102 valence electrons. The maximum Gasteiger partial charge on any atom is 0.334 e. The fourth-order valence-electron chi connectivity index (χ4n) is 2.39. The van der Waals surface area contributed by atoms with Crippen molar-refractivity contribution in [1.82, 2.24) is 24.1 Å². The third-order valence-corrected chi connectivity index (χ3v) is 3.31. The number of nitrogens with one attached hydrogen (secondary N) is 1. The van der Waals surface area contributed by atoms with Gasteiger partial charge in [0.15, 0.2) is 5.65 Å². The Morgan fingerprint density at radius 2 is 1.86 bits per heavy atom. The molecule has 0 aliphatic carbocycles. The molecule has 0 radical (unpaired) electrons. The van der Waals surface area contributed by atoms with Gasteiger partial charge in [-0.15, -0.1) is 5.10 Å². The fraction of sp³-hybridized carbons (Fsp3) is 0. The highest BCUT2D eigenvalue weighted by atomic mass is 16.2. The molecular weight excluding hydrogens is 270 g/mol. The van der Waals surface area contributed by atoms with Crippen LogP contribution < -0.4 is 11.2 Å². The first-order valence-electron chi connectivity index (χ1n) is 6.28. The number of hydrogen-bond donors (Lipinski definition) is 1. The molecule has 0 fully saturated rings. The average molecular weight is 279 g/mol. The summed E-state index contributed by atoms with van der Waals surface area (Å²) in [6.07, 6.45) is 4.78. The molecule has 0 amide bonds. The second kappa shape index (κ2) is 4.14. The van der Waals surface area contributed by atoms with Crippen LogP contribution in [0.2, 0.25) is 0 Å². The maximum absolute atomic E-state index is 12.7. The minimum absolute atomic E-state index is 0.279. The Hall–Kier alpha value is -3.22. The summed E-state index contributed by atoms with van der Waals surface area (Å²) < 4.78 is 2.65. The van der Waals surface area contributed by atoms with E-state index in [0.717, 1.165) is 4.57 Å². The number of pyridine rings is 2. The smallest absolute Gasteiger partial charge is 0.289 e. The van der Waals surface area contributed by atoms with E-state index in [1.54, 1.807) is 35.0 Å². The van der Waals surface area contributed by atoms with Crippen LogP contribution >= 0.6 is 0 Å². The van der Waals surface area contributed by atoms with Crippen LogP contribution in [0, 0.1) is 0 Å². The van der Waals surface area contributed by atoms with Crippen LogP contribution in [0.3, 0.4) is 0 Å². The molecule has 0 spiro atoms.